The van der Waals surface area contributed by atoms with Crippen molar-refractivity contribution in [2.45, 2.75) is 19.9 Å². The van der Waals surface area contributed by atoms with Crippen molar-refractivity contribution in [3.05, 3.63) is 147 Å². The number of nitrogens with zero attached hydrogens (tertiary/aromatic N) is 4. The smallest absolute Gasteiger partial charge is 0.338 e. The van der Waals surface area contributed by atoms with Gasteiger partial charge in [0.05, 0.1) is 58.1 Å². The third-order valence-electron chi connectivity index (χ3n) is 8.03. The number of aromatic hydroxyl groups is 1. The van der Waals surface area contributed by atoms with E-state index < -0.39 is 38.8 Å². The van der Waals surface area contributed by atoms with E-state index >= 15 is 0 Å². The van der Waals surface area contributed by atoms with Crippen molar-refractivity contribution in [3.63, 3.8) is 0 Å². The van der Waals surface area contributed by atoms with E-state index in [9.17, 15) is 34.9 Å². The Kier molecular flexibility index (Phi) is 10.3. The molecule has 0 fully saturated rings. The maximum Gasteiger partial charge on any atom is 0.338 e. The van der Waals surface area contributed by atoms with Gasteiger partial charge >= 0.3 is 11.7 Å². The second-order valence-corrected chi connectivity index (χ2v) is 12.3. The number of rotatable bonds is 12. The molecule has 0 bridgehead atoms. The first-order valence-electron chi connectivity index (χ1n) is 16.1. The maximum absolute atomic E-state index is 14.3. The van der Waals surface area contributed by atoms with Gasteiger partial charge in [-0.1, -0.05) is 53.8 Å². The third-order valence-corrected chi connectivity index (χ3v) is 9.01. The second-order valence-electron chi connectivity index (χ2n) is 11.3. The number of phenolic OH excluding ortho intramolecular Hbond substituents is 1. The van der Waals surface area contributed by atoms with Crippen LogP contribution in [0.1, 0.15) is 36.6 Å². The normalized spacial score (nSPS) is 13.9. The molecule has 16 heteroatoms. The highest BCUT2D eigenvalue weighted by Gasteiger charge is 2.35. The lowest BCUT2D eigenvalue weighted by Crippen LogP contribution is -2.40. The molecule has 0 radical (unpaired) electrons. The molecule has 5 aromatic rings. The molecule has 15 nitrogen and oxygen atoms in total. The summed E-state index contributed by atoms with van der Waals surface area (Å²) in [6.45, 7) is 3.67. The van der Waals surface area contributed by atoms with Crippen molar-refractivity contribution in [2.75, 3.05) is 20.3 Å². The van der Waals surface area contributed by atoms with Gasteiger partial charge in [-0.2, -0.15) is 0 Å². The van der Waals surface area contributed by atoms with Crippen LogP contribution < -0.4 is 29.1 Å². The molecular formula is C37H30N4O11S. The quantitative estimate of drug-likeness (QED) is 0.0943. The van der Waals surface area contributed by atoms with Crippen LogP contribution in [-0.4, -0.2) is 45.8 Å². The summed E-state index contributed by atoms with van der Waals surface area (Å²) < 4.78 is 24.1. The number of hydrogen-bond acceptors (Lipinski definition) is 13. The molecule has 0 amide bonds. The molecule has 1 atom stereocenters. The number of phenols is 1. The molecule has 1 N–H and O–H groups in total. The molecule has 1 aliphatic heterocycles. The zero-order valence-corrected chi connectivity index (χ0v) is 29.2. The molecule has 0 spiro atoms. The zero-order chi connectivity index (χ0) is 37.8. The van der Waals surface area contributed by atoms with Gasteiger partial charge < -0.3 is 24.1 Å². The van der Waals surface area contributed by atoms with E-state index in [1.54, 1.807) is 68.5 Å². The van der Waals surface area contributed by atoms with Gasteiger partial charge in [0, 0.05) is 11.6 Å². The Morgan fingerprint density at radius 1 is 0.925 bits per heavy atom. The number of nitro groups is 2. The highest BCUT2D eigenvalue weighted by Crippen LogP contribution is 2.40. The molecule has 0 unspecified atom stereocenters. The number of hydrogen-bond donors (Lipinski definition) is 1. The zero-order valence-electron chi connectivity index (χ0n) is 28.4. The van der Waals surface area contributed by atoms with E-state index in [1.165, 1.54) is 23.8 Å². The van der Waals surface area contributed by atoms with Crippen molar-refractivity contribution in [3.8, 4) is 28.7 Å². The predicted octanol–water partition coefficient (Wildman–Crippen LogP) is 5.66. The average Bonchev–Trinajstić information content (AvgIpc) is 3.46. The molecule has 0 aliphatic carbocycles. The van der Waals surface area contributed by atoms with E-state index in [1.807, 2.05) is 6.07 Å². The van der Waals surface area contributed by atoms with Crippen molar-refractivity contribution in [2.24, 2.45) is 4.99 Å². The van der Waals surface area contributed by atoms with Crippen molar-refractivity contribution in [1.29, 1.82) is 0 Å². The fourth-order valence-electron chi connectivity index (χ4n) is 5.71. The molecule has 6 rings (SSSR count). The summed E-state index contributed by atoms with van der Waals surface area (Å²) in [7, 11) is 1.39. The molecule has 1 aromatic heterocycles. The van der Waals surface area contributed by atoms with Gasteiger partial charge in [-0.05, 0) is 61.4 Å². The lowest BCUT2D eigenvalue weighted by atomic mass is 9.93. The number of ether oxygens (including phenoxy) is 4. The minimum Gasteiger partial charge on any atom is -0.504 e. The van der Waals surface area contributed by atoms with Crippen molar-refractivity contribution < 1.29 is 38.7 Å². The first-order chi connectivity index (χ1) is 25.5. The molecule has 2 heterocycles. The van der Waals surface area contributed by atoms with Gasteiger partial charge in [-0.3, -0.25) is 29.6 Å². The van der Waals surface area contributed by atoms with Crippen LogP contribution in [0.5, 0.6) is 28.7 Å². The van der Waals surface area contributed by atoms with E-state index in [0.29, 0.717) is 27.2 Å². The third kappa shape index (κ3) is 7.20. The molecule has 0 saturated heterocycles. The Morgan fingerprint density at radius 3 is 2.36 bits per heavy atom. The van der Waals surface area contributed by atoms with Gasteiger partial charge in [0.2, 0.25) is 5.75 Å². The van der Waals surface area contributed by atoms with Crippen LogP contribution in [0.2, 0.25) is 0 Å². The Morgan fingerprint density at radius 2 is 1.68 bits per heavy atom. The van der Waals surface area contributed by atoms with Gasteiger partial charge in [0.15, 0.2) is 27.8 Å². The van der Waals surface area contributed by atoms with Crippen LogP contribution in [0.15, 0.2) is 100 Å². The monoisotopic (exact) mass is 738 g/mol. The minimum absolute atomic E-state index is 0.0693. The number of esters is 1. The first-order valence-corrected chi connectivity index (χ1v) is 16.9. The lowest BCUT2D eigenvalue weighted by molar-refractivity contribution is -0.394. The maximum atomic E-state index is 14.3. The Hall–Kier alpha value is -6.81. The Balaban J connectivity index is 1.51. The van der Waals surface area contributed by atoms with Crippen molar-refractivity contribution >= 4 is 40.5 Å². The summed E-state index contributed by atoms with van der Waals surface area (Å²) >= 11 is 1.09. The van der Waals surface area contributed by atoms with Crippen LogP contribution in [0.3, 0.4) is 0 Å². The predicted molar refractivity (Wildman–Crippen MR) is 193 cm³/mol. The fraction of sp³-hybridized carbons (Fsp3) is 0.162. The summed E-state index contributed by atoms with van der Waals surface area (Å²) in [6, 6.07) is 20.3. The summed E-state index contributed by atoms with van der Waals surface area (Å²) in [5.41, 5.74) is 0.458. The number of aromatic nitrogens is 1. The number of benzene rings is 4. The van der Waals surface area contributed by atoms with Crippen LogP contribution in [-0.2, 0) is 9.53 Å². The van der Waals surface area contributed by atoms with E-state index in [4.69, 9.17) is 23.9 Å². The molecule has 53 heavy (non-hydrogen) atoms. The number of thiazole rings is 1. The van der Waals surface area contributed by atoms with Gasteiger partial charge in [0.25, 0.3) is 11.2 Å². The van der Waals surface area contributed by atoms with Gasteiger partial charge in [-0.15, -0.1) is 0 Å². The molecular weight excluding hydrogens is 708 g/mol. The number of nitro benzene ring substituents is 2. The van der Waals surface area contributed by atoms with Crippen molar-refractivity contribution in [1.82, 2.24) is 4.57 Å². The number of carbonyl (C=O) groups is 1. The van der Waals surface area contributed by atoms with E-state index in [0.717, 1.165) is 29.5 Å². The van der Waals surface area contributed by atoms with Crippen LogP contribution in [0.4, 0.5) is 11.4 Å². The average molecular weight is 739 g/mol. The van der Waals surface area contributed by atoms with Crippen LogP contribution in [0.25, 0.3) is 11.8 Å². The summed E-state index contributed by atoms with van der Waals surface area (Å²) in [5, 5.41) is 33.3. The minimum atomic E-state index is -1.02. The van der Waals surface area contributed by atoms with E-state index in [2.05, 4.69) is 0 Å². The van der Waals surface area contributed by atoms with E-state index in [-0.39, 0.29) is 52.1 Å². The van der Waals surface area contributed by atoms with Gasteiger partial charge in [0.1, 0.15) is 0 Å². The SMILES string of the molecule is CCOC(=O)C1=C(c2ccccc2)N=c2s/c(=C/c3ccc(Oc4ccc([N+](=O)[O-])cc4[N+](=O)[O-])c(OCC)c3)c(=O)n2[C@@H]1c1ccc(O)c(OC)c1. The number of carbonyl (C=O) groups excluding carboxylic acids is 1. The van der Waals surface area contributed by atoms with Crippen LogP contribution in [0, 0.1) is 20.2 Å². The number of non-ortho nitro benzene ring substituents is 1. The summed E-state index contributed by atoms with van der Waals surface area (Å²) in [6.07, 6.45) is 1.61. The Bertz CT molecular complexity index is 2470. The fourth-order valence-corrected chi connectivity index (χ4v) is 6.71. The van der Waals surface area contributed by atoms with Gasteiger partial charge in [-0.25, -0.2) is 9.79 Å². The first kappa shape index (κ1) is 36.0. The standard InChI is InChI=1S/C37H30N4O11S/c1-4-50-30-17-21(11-15-28(30)52-27-16-13-24(40(45)46)20-25(27)41(47)48)18-31-35(43)39-34(23-12-14-26(42)29(19-23)49-3)32(36(44)51-5-2)33(38-37(39)53-31)22-9-7-6-8-10-22/h6-20,34,42H,4-5H2,1-3H3/b31-18+/t34-/m1/s1. The molecule has 4 aromatic carbocycles. The summed E-state index contributed by atoms with van der Waals surface area (Å²) in [4.78, 5) is 54.6. The van der Waals surface area contributed by atoms with Crippen LogP contribution >= 0.6 is 11.3 Å². The second kappa shape index (κ2) is 15.2. The number of fused-ring (bicyclic) bond motifs is 1. The molecule has 0 saturated carbocycles. The molecule has 1 aliphatic rings. The Labute approximate surface area is 304 Å². The lowest BCUT2D eigenvalue weighted by Gasteiger charge is -2.26. The topological polar surface area (TPSA) is 195 Å². The largest absolute Gasteiger partial charge is 0.504 e. The summed E-state index contributed by atoms with van der Waals surface area (Å²) in [5.74, 6) is -0.626. The number of methoxy groups -OCH3 is 1. The highest BCUT2D eigenvalue weighted by molar-refractivity contribution is 7.07. The highest BCUT2D eigenvalue weighted by atomic mass is 32.1. The molecule has 270 valence electrons.